The van der Waals surface area contributed by atoms with Crippen LogP contribution in [0.3, 0.4) is 0 Å². The van der Waals surface area contributed by atoms with Gasteiger partial charge in [0.1, 0.15) is 0 Å². The number of hydrogen-bond donors (Lipinski definition) is 2. The first-order valence-electron chi connectivity index (χ1n) is 10.6. The van der Waals surface area contributed by atoms with Gasteiger partial charge in [-0.15, -0.1) is 16.9 Å². The number of anilines is 1. The molecule has 174 valence electrons. The van der Waals surface area contributed by atoms with E-state index in [1.165, 1.54) is 16.4 Å². The molecule has 3 aromatic carbocycles. The van der Waals surface area contributed by atoms with Crippen LogP contribution < -0.4 is 11.2 Å². The molecule has 0 radical (unpaired) electrons. The molecule has 0 spiro atoms. The van der Waals surface area contributed by atoms with Crippen LogP contribution in [0.25, 0.3) is 16.6 Å². The predicted molar refractivity (Wildman–Crippen MR) is 133 cm³/mol. The predicted octanol–water partition coefficient (Wildman–Crippen LogP) is 3.83. The molecule has 10 nitrogen and oxygen atoms in total. The normalized spacial score (nSPS) is 11.6. The molecule has 0 aliphatic heterocycles. The summed E-state index contributed by atoms with van der Waals surface area (Å²) in [4.78, 5) is 14.1. The zero-order chi connectivity index (χ0) is 24.2. The zero-order valence-electron chi connectivity index (χ0n) is 18.6. The minimum Gasteiger partial charge on any atom is -0.378 e. The van der Waals surface area contributed by atoms with Crippen LogP contribution in [-0.4, -0.2) is 36.9 Å². The third kappa shape index (κ3) is 4.75. The Labute approximate surface area is 204 Å². The Bertz CT molecular complexity index is 1530. The minimum atomic E-state index is -0.505. The number of amides is 1. The number of fused-ring (bicyclic) bond motifs is 1. The van der Waals surface area contributed by atoms with Crippen molar-refractivity contribution in [2.45, 2.75) is 17.6 Å². The molecule has 0 aliphatic rings. The van der Waals surface area contributed by atoms with E-state index in [1.54, 1.807) is 0 Å². The molecule has 0 atom stereocenters. The topological polar surface area (TPSA) is 137 Å². The largest absolute Gasteiger partial charge is 0.378 e. The number of hydrogen-bond acceptors (Lipinski definition) is 9. The van der Waals surface area contributed by atoms with Crippen molar-refractivity contribution in [3.63, 3.8) is 0 Å². The summed E-state index contributed by atoms with van der Waals surface area (Å²) in [5.41, 5.74) is 10.6. The van der Waals surface area contributed by atoms with E-state index in [2.05, 4.69) is 31.2 Å². The van der Waals surface area contributed by atoms with Gasteiger partial charge in [0.15, 0.2) is 5.69 Å². The second-order valence-corrected chi connectivity index (χ2v) is 8.62. The summed E-state index contributed by atoms with van der Waals surface area (Å²) in [6.45, 7) is 1.83. The van der Waals surface area contributed by atoms with E-state index in [0.717, 1.165) is 21.2 Å². The quantitative estimate of drug-likeness (QED) is 0.202. The number of carbonyl (C=O) groups is 1. The number of benzene rings is 3. The molecule has 0 bridgehead atoms. The SMILES string of the molecule is C/C(=N\NC(=O)c1nnn(-c2nonc2N)c1CSc1ccccc1)c1ccc2ccccc2c1. The molecule has 1 amide bonds. The number of thioether (sulfide) groups is 1. The summed E-state index contributed by atoms with van der Waals surface area (Å²) in [6.07, 6.45) is 0. The van der Waals surface area contributed by atoms with E-state index < -0.39 is 5.91 Å². The number of nitrogens with two attached hydrogens (primary N) is 1. The standard InChI is InChI=1S/C24H20N8O2S/c1-15(17-12-11-16-7-5-6-8-18(16)13-17)26-28-24(33)21-20(14-35-19-9-3-2-4-10-19)32(31-27-21)23-22(25)29-34-30-23/h2-13H,14H2,1H3,(H2,25,29)(H,28,33)/b26-15+. The first kappa shape index (κ1) is 22.3. The molecule has 0 fully saturated rings. The number of nitrogen functional groups attached to an aromatic ring is 1. The van der Waals surface area contributed by atoms with Gasteiger partial charge in [-0.3, -0.25) is 4.79 Å². The Kier molecular flexibility index (Phi) is 6.22. The molecule has 11 heteroatoms. The Morgan fingerprint density at radius 2 is 1.83 bits per heavy atom. The highest BCUT2D eigenvalue weighted by Crippen LogP contribution is 2.26. The second-order valence-electron chi connectivity index (χ2n) is 7.57. The van der Waals surface area contributed by atoms with Crippen LogP contribution in [-0.2, 0) is 5.75 Å². The van der Waals surface area contributed by atoms with E-state index in [0.29, 0.717) is 17.2 Å². The second kappa shape index (κ2) is 9.77. The molecule has 0 saturated carbocycles. The summed E-state index contributed by atoms with van der Waals surface area (Å²) < 4.78 is 6.06. The highest BCUT2D eigenvalue weighted by Gasteiger charge is 2.24. The molecular formula is C24H20N8O2S. The Hall–Kier alpha value is -4.51. The van der Waals surface area contributed by atoms with Crippen molar-refractivity contribution in [3.8, 4) is 5.82 Å². The van der Waals surface area contributed by atoms with Crippen LogP contribution in [0, 0.1) is 0 Å². The number of nitrogens with zero attached hydrogens (tertiary/aromatic N) is 6. The lowest BCUT2D eigenvalue weighted by molar-refractivity contribution is 0.0949. The van der Waals surface area contributed by atoms with Crippen LogP contribution in [0.5, 0.6) is 0 Å². The highest BCUT2D eigenvalue weighted by atomic mass is 32.2. The van der Waals surface area contributed by atoms with Gasteiger partial charge in [-0.1, -0.05) is 59.8 Å². The number of carbonyl (C=O) groups excluding carboxylic acids is 1. The molecule has 2 heterocycles. The van der Waals surface area contributed by atoms with Crippen molar-refractivity contribution in [2.75, 3.05) is 5.73 Å². The number of hydrazone groups is 1. The number of nitrogens with one attached hydrogen (secondary N) is 1. The van der Waals surface area contributed by atoms with Crippen molar-refractivity contribution in [1.29, 1.82) is 0 Å². The summed E-state index contributed by atoms with van der Waals surface area (Å²) in [5, 5.41) is 22.0. The average molecular weight is 485 g/mol. The fraction of sp³-hybridized carbons (Fsp3) is 0.0833. The first-order valence-corrected chi connectivity index (χ1v) is 11.6. The molecule has 0 aliphatic carbocycles. The van der Waals surface area contributed by atoms with Crippen molar-refractivity contribution in [3.05, 3.63) is 89.7 Å². The maximum absolute atomic E-state index is 13.1. The van der Waals surface area contributed by atoms with Gasteiger partial charge in [0.25, 0.3) is 5.91 Å². The Morgan fingerprint density at radius 1 is 1.06 bits per heavy atom. The molecule has 5 aromatic rings. The summed E-state index contributed by atoms with van der Waals surface area (Å²) in [6, 6.07) is 23.8. The van der Waals surface area contributed by atoms with E-state index in [9.17, 15) is 4.79 Å². The summed E-state index contributed by atoms with van der Waals surface area (Å²) in [7, 11) is 0. The molecule has 0 unspecified atom stereocenters. The van der Waals surface area contributed by atoms with Crippen LogP contribution in [0.4, 0.5) is 5.82 Å². The molecule has 0 saturated heterocycles. The van der Waals surface area contributed by atoms with E-state index in [-0.39, 0.29) is 17.3 Å². The minimum absolute atomic E-state index is 0.0398. The van der Waals surface area contributed by atoms with Gasteiger partial charge in [-0.2, -0.15) is 9.78 Å². The highest BCUT2D eigenvalue weighted by molar-refractivity contribution is 7.98. The molecule has 5 rings (SSSR count). The monoisotopic (exact) mass is 484 g/mol. The van der Waals surface area contributed by atoms with Crippen LogP contribution in [0.15, 0.2) is 87.4 Å². The molecule has 2 aromatic heterocycles. The molecular weight excluding hydrogens is 464 g/mol. The van der Waals surface area contributed by atoms with Crippen LogP contribution in [0.2, 0.25) is 0 Å². The summed E-state index contributed by atoms with van der Waals surface area (Å²) >= 11 is 1.51. The van der Waals surface area contributed by atoms with Crippen molar-refractivity contribution < 1.29 is 9.42 Å². The van der Waals surface area contributed by atoms with Gasteiger partial charge in [-0.05, 0) is 51.8 Å². The van der Waals surface area contributed by atoms with E-state index >= 15 is 0 Å². The number of aromatic nitrogens is 5. The zero-order valence-corrected chi connectivity index (χ0v) is 19.4. The van der Waals surface area contributed by atoms with Gasteiger partial charge in [0.2, 0.25) is 11.6 Å². The maximum Gasteiger partial charge on any atom is 0.293 e. The lowest BCUT2D eigenvalue weighted by atomic mass is 10.0. The summed E-state index contributed by atoms with van der Waals surface area (Å²) in [5.74, 6) is 0.0727. The Morgan fingerprint density at radius 3 is 2.60 bits per heavy atom. The average Bonchev–Trinajstić information content (AvgIpc) is 3.51. The van der Waals surface area contributed by atoms with Crippen LogP contribution in [0.1, 0.15) is 28.7 Å². The van der Waals surface area contributed by atoms with Gasteiger partial charge in [-0.25, -0.2) is 10.1 Å². The number of rotatable bonds is 7. The fourth-order valence-electron chi connectivity index (χ4n) is 3.45. The first-order chi connectivity index (χ1) is 17.1. The van der Waals surface area contributed by atoms with Gasteiger partial charge < -0.3 is 5.73 Å². The lowest BCUT2D eigenvalue weighted by Gasteiger charge is -2.07. The Balaban J connectivity index is 1.41. The lowest BCUT2D eigenvalue weighted by Crippen LogP contribution is -2.21. The molecule has 3 N–H and O–H groups in total. The van der Waals surface area contributed by atoms with Crippen molar-refractivity contribution in [2.24, 2.45) is 5.10 Å². The van der Waals surface area contributed by atoms with Crippen LogP contribution >= 0.6 is 11.8 Å². The molecule has 35 heavy (non-hydrogen) atoms. The van der Waals surface area contributed by atoms with Gasteiger partial charge >= 0.3 is 0 Å². The van der Waals surface area contributed by atoms with Crippen molar-refractivity contribution >= 4 is 40.0 Å². The third-order valence-electron chi connectivity index (χ3n) is 5.29. The fourth-order valence-corrected chi connectivity index (χ4v) is 4.36. The smallest absolute Gasteiger partial charge is 0.293 e. The third-order valence-corrected chi connectivity index (χ3v) is 6.31. The maximum atomic E-state index is 13.1. The van der Waals surface area contributed by atoms with Gasteiger partial charge in [0, 0.05) is 10.6 Å². The van der Waals surface area contributed by atoms with E-state index in [4.69, 9.17) is 10.4 Å². The van der Waals surface area contributed by atoms with Gasteiger partial charge in [0.05, 0.1) is 11.4 Å². The van der Waals surface area contributed by atoms with Crippen molar-refractivity contribution in [1.82, 2.24) is 30.7 Å². The van der Waals surface area contributed by atoms with E-state index in [1.807, 2.05) is 79.7 Å².